The van der Waals surface area contributed by atoms with Crippen molar-refractivity contribution in [3.8, 4) is 0 Å². The summed E-state index contributed by atoms with van der Waals surface area (Å²) in [5.74, 6) is 0. The maximum absolute atomic E-state index is 4.28. The number of hydrogen-bond acceptors (Lipinski definition) is 3. The first-order valence-electron chi connectivity index (χ1n) is 2.88. The summed E-state index contributed by atoms with van der Waals surface area (Å²) in [5.41, 5.74) is 0. The van der Waals surface area contributed by atoms with E-state index in [0.717, 1.165) is 5.17 Å². The van der Waals surface area contributed by atoms with Crippen molar-refractivity contribution in [3.63, 3.8) is 0 Å². The molecule has 10 heavy (non-hydrogen) atoms. The van der Waals surface area contributed by atoms with Gasteiger partial charge in [-0.05, 0) is 19.3 Å². The van der Waals surface area contributed by atoms with Crippen molar-refractivity contribution in [1.29, 1.82) is 0 Å². The molecule has 1 unspecified atom stereocenters. The van der Waals surface area contributed by atoms with Gasteiger partial charge in [0, 0.05) is 6.20 Å². The van der Waals surface area contributed by atoms with Crippen LogP contribution in [-0.4, -0.2) is 17.5 Å². The Kier molecular flexibility index (Phi) is 5.15. The van der Waals surface area contributed by atoms with Crippen molar-refractivity contribution in [2.24, 2.45) is 4.99 Å². The molecule has 0 aromatic rings. The van der Waals surface area contributed by atoms with Crippen LogP contribution in [0.1, 0.15) is 6.92 Å². The van der Waals surface area contributed by atoms with E-state index in [2.05, 4.69) is 17.2 Å². The largest absolute Gasteiger partial charge is 0.342 e. The Labute approximate surface area is 82.6 Å². The zero-order valence-electron chi connectivity index (χ0n) is 6.00. The minimum absolute atomic E-state index is 0. The standard InChI is InChI=1S/C6H10N2S.HI/c1-5-3-4-7-6(8-5)9-2;/h3-5H,1-2H3,(H,7,8);1H. The Bertz CT molecular complexity index is 156. The molecule has 0 aromatic heterocycles. The quantitative estimate of drug-likeness (QED) is 0.679. The molecule has 0 saturated heterocycles. The van der Waals surface area contributed by atoms with Gasteiger partial charge in [-0.2, -0.15) is 0 Å². The third kappa shape index (κ3) is 2.92. The summed E-state index contributed by atoms with van der Waals surface area (Å²) in [5, 5.41) is 4.04. The molecule has 1 heterocycles. The van der Waals surface area contributed by atoms with Gasteiger partial charge in [0.1, 0.15) is 0 Å². The zero-order chi connectivity index (χ0) is 6.69. The zero-order valence-corrected chi connectivity index (χ0v) is 9.14. The van der Waals surface area contributed by atoms with Crippen LogP contribution < -0.4 is 5.32 Å². The van der Waals surface area contributed by atoms with Crippen molar-refractivity contribution in [3.05, 3.63) is 12.3 Å². The molecule has 0 amide bonds. The van der Waals surface area contributed by atoms with Crippen LogP contribution in [0.15, 0.2) is 17.3 Å². The van der Waals surface area contributed by atoms with Crippen molar-refractivity contribution >= 4 is 40.9 Å². The predicted molar refractivity (Wildman–Crippen MR) is 58.1 cm³/mol. The van der Waals surface area contributed by atoms with Gasteiger partial charge in [-0.3, -0.25) is 4.99 Å². The highest BCUT2D eigenvalue weighted by molar-refractivity contribution is 14.0. The number of rotatable bonds is 0. The lowest BCUT2D eigenvalue weighted by Crippen LogP contribution is -2.19. The monoisotopic (exact) mass is 270 g/mol. The molecule has 0 bridgehead atoms. The lowest BCUT2D eigenvalue weighted by Gasteiger charge is -2.10. The van der Waals surface area contributed by atoms with E-state index in [-0.39, 0.29) is 24.0 Å². The first kappa shape index (κ1) is 10.3. The van der Waals surface area contributed by atoms with E-state index in [1.54, 1.807) is 11.8 Å². The topological polar surface area (TPSA) is 24.4 Å². The van der Waals surface area contributed by atoms with Crippen LogP contribution in [0.3, 0.4) is 0 Å². The normalized spacial score (nSPS) is 22.6. The van der Waals surface area contributed by atoms with E-state index in [4.69, 9.17) is 0 Å². The molecule has 1 atom stereocenters. The molecule has 58 valence electrons. The molecule has 4 heteroatoms. The van der Waals surface area contributed by atoms with Gasteiger partial charge in [-0.1, -0.05) is 11.8 Å². The highest BCUT2D eigenvalue weighted by Crippen LogP contribution is 2.03. The van der Waals surface area contributed by atoms with Gasteiger partial charge in [0.05, 0.1) is 6.04 Å². The van der Waals surface area contributed by atoms with E-state index < -0.39 is 0 Å². The molecule has 0 saturated carbocycles. The number of nitrogens with one attached hydrogen (secondary N) is 1. The molecule has 0 aromatic carbocycles. The van der Waals surface area contributed by atoms with Gasteiger partial charge in [-0.15, -0.1) is 24.0 Å². The summed E-state index contributed by atoms with van der Waals surface area (Å²) in [7, 11) is 0. The van der Waals surface area contributed by atoms with E-state index >= 15 is 0 Å². The van der Waals surface area contributed by atoms with Crippen LogP contribution >= 0.6 is 35.7 Å². The molecule has 1 aliphatic heterocycles. The fourth-order valence-corrected chi connectivity index (χ4v) is 1.09. The molecule has 0 spiro atoms. The van der Waals surface area contributed by atoms with Crippen molar-refractivity contribution < 1.29 is 0 Å². The third-order valence-electron chi connectivity index (χ3n) is 1.10. The summed E-state index contributed by atoms with van der Waals surface area (Å²) in [6, 6.07) is 0.341. The van der Waals surface area contributed by atoms with E-state index in [9.17, 15) is 0 Å². The van der Waals surface area contributed by atoms with Gasteiger partial charge >= 0.3 is 0 Å². The highest BCUT2D eigenvalue weighted by Gasteiger charge is 2.01. The van der Waals surface area contributed by atoms with Gasteiger partial charge in [-0.25, -0.2) is 0 Å². The Balaban J connectivity index is 0.000000810. The molecule has 1 N–H and O–H groups in total. The minimum atomic E-state index is 0. The smallest absolute Gasteiger partial charge is 0.160 e. The summed E-state index contributed by atoms with van der Waals surface area (Å²) in [6.45, 7) is 2.06. The van der Waals surface area contributed by atoms with Crippen LogP contribution in [0.2, 0.25) is 0 Å². The van der Waals surface area contributed by atoms with Gasteiger partial charge in [0.2, 0.25) is 0 Å². The Morgan fingerprint density at radius 1 is 1.70 bits per heavy atom. The summed E-state index contributed by atoms with van der Waals surface area (Å²) >= 11 is 1.64. The second-order valence-electron chi connectivity index (χ2n) is 1.88. The van der Waals surface area contributed by atoms with E-state index in [0.29, 0.717) is 6.04 Å². The van der Waals surface area contributed by atoms with Crippen LogP contribution in [0.4, 0.5) is 0 Å². The molecule has 0 fully saturated rings. The lowest BCUT2D eigenvalue weighted by atomic mass is 10.3. The van der Waals surface area contributed by atoms with Gasteiger partial charge in [0.25, 0.3) is 0 Å². The number of halogens is 1. The molecular weight excluding hydrogens is 259 g/mol. The molecule has 1 rings (SSSR count). The molecule has 1 aliphatic rings. The number of amidine groups is 1. The number of aliphatic imine (C=N–C) groups is 1. The summed E-state index contributed by atoms with van der Waals surface area (Å²) in [4.78, 5) is 4.28. The first-order valence-corrected chi connectivity index (χ1v) is 4.10. The maximum Gasteiger partial charge on any atom is 0.160 e. The summed E-state index contributed by atoms with van der Waals surface area (Å²) in [6.07, 6.45) is 5.97. The maximum atomic E-state index is 4.28. The average molecular weight is 270 g/mol. The van der Waals surface area contributed by atoms with Crippen LogP contribution in [-0.2, 0) is 0 Å². The number of hydrogen-bond donors (Lipinski definition) is 1. The van der Waals surface area contributed by atoms with Crippen LogP contribution in [0, 0.1) is 0 Å². The third-order valence-corrected chi connectivity index (χ3v) is 1.71. The Hall–Kier alpha value is 0.290. The second kappa shape index (κ2) is 5.01. The Morgan fingerprint density at radius 3 is 2.80 bits per heavy atom. The number of thioether (sulfide) groups is 1. The van der Waals surface area contributed by atoms with Crippen molar-refractivity contribution in [1.82, 2.24) is 5.32 Å². The fraction of sp³-hybridized carbons (Fsp3) is 0.500. The molecule has 2 nitrogen and oxygen atoms in total. The molecule has 0 aliphatic carbocycles. The lowest BCUT2D eigenvalue weighted by molar-refractivity contribution is 0.894. The minimum Gasteiger partial charge on any atom is -0.342 e. The van der Waals surface area contributed by atoms with Crippen LogP contribution in [0.25, 0.3) is 0 Å². The SMILES string of the molecule is CSC1=NC(C)C=CN1.I. The molecule has 0 radical (unpaired) electrons. The van der Waals surface area contributed by atoms with E-state index in [1.807, 2.05) is 18.5 Å². The van der Waals surface area contributed by atoms with Crippen molar-refractivity contribution in [2.75, 3.05) is 6.26 Å². The number of nitrogens with zero attached hydrogens (tertiary/aromatic N) is 1. The van der Waals surface area contributed by atoms with Gasteiger partial charge in [0.15, 0.2) is 5.17 Å². The second-order valence-corrected chi connectivity index (χ2v) is 2.68. The first-order chi connectivity index (χ1) is 4.33. The van der Waals surface area contributed by atoms with Crippen molar-refractivity contribution in [2.45, 2.75) is 13.0 Å². The predicted octanol–water partition coefficient (Wildman–Crippen LogP) is 1.83. The fourth-order valence-electron chi connectivity index (χ4n) is 0.636. The van der Waals surface area contributed by atoms with Gasteiger partial charge < -0.3 is 5.32 Å². The van der Waals surface area contributed by atoms with Crippen LogP contribution in [0.5, 0.6) is 0 Å². The molecular formula is C6H11IN2S. The van der Waals surface area contributed by atoms with E-state index in [1.165, 1.54) is 0 Å². The summed E-state index contributed by atoms with van der Waals surface area (Å²) < 4.78 is 0. The average Bonchev–Trinajstić information content (AvgIpc) is 1.88. The highest BCUT2D eigenvalue weighted by atomic mass is 127. The Morgan fingerprint density at radius 2 is 2.40 bits per heavy atom.